The number of rotatable bonds is 11. The molecule has 0 bridgehead atoms. The minimum absolute atomic E-state index is 0.167. The van der Waals surface area contributed by atoms with E-state index in [0.717, 1.165) is 22.0 Å². The zero-order valence-electron chi connectivity index (χ0n) is 20.6. The van der Waals surface area contributed by atoms with Gasteiger partial charge in [0.05, 0.1) is 16.8 Å². The van der Waals surface area contributed by atoms with Crippen molar-refractivity contribution in [3.05, 3.63) is 130 Å². The number of nitrogens with zero attached hydrogens (tertiary/aromatic N) is 3. The van der Waals surface area contributed by atoms with E-state index >= 15 is 0 Å². The number of nitro groups is 1. The molecule has 4 rings (SSSR count). The van der Waals surface area contributed by atoms with Crippen molar-refractivity contribution < 1.29 is 22.9 Å². The highest BCUT2D eigenvalue weighted by Gasteiger charge is 2.33. The third kappa shape index (κ3) is 7.05. The number of sulfonamides is 1. The van der Waals surface area contributed by atoms with Crippen molar-refractivity contribution in [3.8, 4) is 5.75 Å². The number of para-hydroxylation sites is 2. The largest absolute Gasteiger partial charge is 0.489 e. The van der Waals surface area contributed by atoms with Crippen LogP contribution in [0.2, 0.25) is 0 Å². The first-order chi connectivity index (χ1) is 18.8. The van der Waals surface area contributed by atoms with Crippen molar-refractivity contribution in [2.45, 2.75) is 11.5 Å². The summed E-state index contributed by atoms with van der Waals surface area (Å²) >= 11 is 0. The highest BCUT2D eigenvalue weighted by atomic mass is 32.2. The quantitative estimate of drug-likeness (QED) is 0.168. The lowest BCUT2D eigenvalue weighted by Crippen LogP contribution is -2.39. The molecular formula is C28H24N4O6S. The molecule has 0 atom stereocenters. The maximum absolute atomic E-state index is 13.5. The summed E-state index contributed by atoms with van der Waals surface area (Å²) < 4.78 is 33.5. The Morgan fingerprint density at radius 3 is 2.18 bits per heavy atom. The highest BCUT2D eigenvalue weighted by molar-refractivity contribution is 7.93. The summed E-state index contributed by atoms with van der Waals surface area (Å²) in [4.78, 5) is 22.9. The molecule has 0 aromatic heterocycles. The molecule has 1 amide bonds. The first-order valence-electron chi connectivity index (χ1n) is 11.7. The van der Waals surface area contributed by atoms with E-state index in [1.165, 1.54) is 30.5 Å². The fraction of sp³-hybridized carbons (Fsp3) is 0.0714. The van der Waals surface area contributed by atoms with Crippen molar-refractivity contribution in [1.82, 2.24) is 5.43 Å². The SMILES string of the molecule is O=C(CN(c1ccccc1)S(=O)(=O)c1ccccc1[N+](=O)[O-])N/N=C\c1ccc(OCc2ccccc2)cc1. The van der Waals surface area contributed by atoms with Crippen LogP contribution in [0.5, 0.6) is 5.75 Å². The van der Waals surface area contributed by atoms with E-state index in [-0.39, 0.29) is 5.69 Å². The Bertz CT molecular complexity index is 1560. The number of benzene rings is 4. The smallest absolute Gasteiger partial charge is 0.289 e. The number of hydrazone groups is 1. The van der Waals surface area contributed by atoms with Crippen molar-refractivity contribution in [1.29, 1.82) is 0 Å². The van der Waals surface area contributed by atoms with E-state index in [0.29, 0.717) is 17.9 Å². The predicted molar refractivity (Wildman–Crippen MR) is 147 cm³/mol. The number of carbonyl (C=O) groups is 1. The zero-order chi connectivity index (χ0) is 27.7. The molecule has 0 saturated carbocycles. The Balaban J connectivity index is 1.44. The molecule has 0 aliphatic rings. The van der Waals surface area contributed by atoms with Crippen molar-refractivity contribution >= 4 is 33.5 Å². The normalized spacial score (nSPS) is 11.2. The molecule has 0 radical (unpaired) electrons. The van der Waals surface area contributed by atoms with Crippen LogP contribution >= 0.6 is 0 Å². The molecule has 0 aliphatic carbocycles. The topological polar surface area (TPSA) is 131 Å². The van der Waals surface area contributed by atoms with Gasteiger partial charge in [-0.15, -0.1) is 0 Å². The van der Waals surface area contributed by atoms with Gasteiger partial charge in [-0.1, -0.05) is 60.7 Å². The van der Waals surface area contributed by atoms with Crippen molar-refractivity contribution in [2.75, 3.05) is 10.8 Å². The highest BCUT2D eigenvalue weighted by Crippen LogP contribution is 2.29. The van der Waals surface area contributed by atoms with Crippen LogP contribution in [-0.2, 0) is 21.4 Å². The molecular weight excluding hydrogens is 520 g/mol. The first kappa shape index (κ1) is 27.0. The number of nitrogens with one attached hydrogen (secondary N) is 1. The molecule has 4 aromatic rings. The number of hydrogen-bond acceptors (Lipinski definition) is 7. The van der Waals surface area contributed by atoms with Gasteiger partial charge in [-0.25, -0.2) is 13.8 Å². The fourth-order valence-corrected chi connectivity index (χ4v) is 5.17. The van der Waals surface area contributed by atoms with Gasteiger partial charge in [0, 0.05) is 6.07 Å². The summed E-state index contributed by atoms with van der Waals surface area (Å²) in [5.41, 5.74) is 3.61. The lowest BCUT2D eigenvalue weighted by molar-refractivity contribution is -0.387. The lowest BCUT2D eigenvalue weighted by Gasteiger charge is -2.23. The molecule has 1 N–H and O–H groups in total. The van der Waals surface area contributed by atoms with Crippen LogP contribution in [0, 0.1) is 10.1 Å². The monoisotopic (exact) mass is 544 g/mol. The summed E-state index contributed by atoms with van der Waals surface area (Å²) in [6, 6.07) is 29.6. The molecule has 0 heterocycles. The Morgan fingerprint density at radius 2 is 1.51 bits per heavy atom. The molecule has 0 unspecified atom stereocenters. The predicted octanol–water partition coefficient (Wildman–Crippen LogP) is 4.52. The van der Waals surface area contributed by atoms with Gasteiger partial charge in [-0.05, 0) is 53.6 Å². The number of nitro benzene ring substituents is 1. The van der Waals surface area contributed by atoms with Crippen molar-refractivity contribution in [3.63, 3.8) is 0 Å². The second kappa shape index (κ2) is 12.5. The fourth-order valence-electron chi connectivity index (χ4n) is 3.59. The van der Waals surface area contributed by atoms with Crippen LogP contribution in [-0.4, -0.2) is 32.0 Å². The van der Waals surface area contributed by atoms with E-state index in [2.05, 4.69) is 10.5 Å². The van der Waals surface area contributed by atoms with E-state index in [1.807, 2.05) is 30.3 Å². The zero-order valence-corrected chi connectivity index (χ0v) is 21.4. The van der Waals surface area contributed by atoms with Crippen LogP contribution in [0.4, 0.5) is 11.4 Å². The molecule has 11 heteroatoms. The third-order valence-electron chi connectivity index (χ3n) is 5.49. The van der Waals surface area contributed by atoms with E-state index in [9.17, 15) is 23.3 Å². The molecule has 198 valence electrons. The van der Waals surface area contributed by atoms with Gasteiger partial charge in [0.1, 0.15) is 18.9 Å². The summed E-state index contributed by atoms with van der Waals surface area (Å²) in [5, 5.41) is 15.4. The lowest BCUT2D eigenvalue weighted by atomic mass is 10.2. The Kier molecular flexibility index (Phi) is 8.64. The standard InChI is InChI=1S/C28H24N4O6S/c33-28(30-29-19-22-15-17-25(18-16-22)38-21-23-9-3-1-4-10-23)20-31(24-11-5-2-6-12-24)39(36,37)27-14-8-7-13-26(27)32(34)35/h1-19H,20-21H2,(H,30,33)/b29-19-. The molecule has 4 aromatic carbocycles. The number of amides is 1. The van der Waals surface area contributed by atoms with Gasteiger partial charge >= 0.3 is 0 Å². The minimum Gasteiger partial charge on any atom is -0.489 e. The Labute approximate surface area is 225 Å². The third-order valence-corrected chi connectivity index (χ3v) is 7.31. The van der Waals surface area contributed by atoms with E-state index < -0.39 is 38.0 Å². The Morgan fingerprint density at radius 1 is 0.897 bits per heavy atom. The number of ether oxygens (including phenoxy) is 1. The van der Waals surface area contributed by atoms with Gasteiger partial charge in [0.25, 0.3) is 21.6 Å². The molecule has 0 aliphatic heterocycles. The first-order valence-corrected chi connectivity index (χ1v) is 13.2. The average molecular weight is 545 g/mol. The van der Waals surface area contributed by atoms with Gasteiger partial charge in [-0.3, -0.25) is 19.2 Å². The van der Waals surface area contributed by atoms with Crippen LogP contribution in [0.1, 0.15) is 11.1 Å². The second-order valence-corrected chi connectivity index (χ2v) is 10.0. The summed E-state index contributed by atoms with van der Waals surface area (Å²) in [6.45, 7) is -0.223. The maximum atomic E-state index is 13.5. The van der Waals surface area contributed by atoms with Crippen molar-refractivity contribution in [2.24, 2.45) is 5.10 Å². The van der Waals surface area contributed by atoms with Gasteiger partial charge < -0.3 is 4.74 Å². The molecule has 39 heavy (non-hydrogen) atoms. The van der Waals surface area contributed by atoms with Gasteiger partial charge in [0.2, 0.25) is 0 Å². The maximum Gasteiger partial charge on any atom is 0.289 e. The number of carbonyl (C=O) groups excluding carboxylic acids is 1. The molecule has 0 fully saturated rings. The Hall–Kier alpha value is -5.03. The minimum atomic E-state index is -4.47. The van der Waals surface area contributed by atoms with Crippen LogP contribution < -0.4 is 14.5 Å². The summed E-state index contributed by atoms with van der Waals surface area (Å²) in [7, 11) is -4.47. The summed E-state index contributed by atoms with van der Waals surface area (Å²) in [5.74, 6) is -0.0705. The van der Waals surface area contributed by atoms with E-state index in [4.69, 9.17) is 4.74 Å². The van der Waals surface area contributed by atoms with Crippen LogP contribution in [0.3, 0.4) is 0 Å². The van der Waals surface area contributed by atoms with Gasteiger partial charge in [0.15, 0.2) is 4.90 Å². The molecule has 10 nitrogen and oxygen atoms in total. The van der Waals surface area contributed by atoms with Crippen LogP contribution in [0.15, 0.2) is 119 Å². The average Bonchev–Trinajstić information content (AvgIpc) is 2.96. The second-order valence-electron chi connectivity index (χ2n) is 8.21. The van der Waals surface area contributed by atoms with E-state index in [1.54, 1.807) is 42.5 Å². The van der Waals surface area contributed by atoms with Gasteiger partial charge in [-0.2, -0.15) is 5.10 Å². The molecule has 0 spiro atoms. The van der Waals surface area contributed by atoms with Crippen LogP contribution in [0.25, 0.3) is 0 Å². The number of anilines is 1. The molecule has 0 saturated heterocycles. The number of hydrogen-bond donors (Lipinski definition) is 1. The summed E-state index contributed by atoms with van der Waals surface area (Å²) in [6.07, 6.45) is 1.41.